The molecule has 0 aliphatic rings. The lowest BCUT2D eigenvalue weighted by Crippen LogP contribution is -2.36. The fraction of sp³-hybridized carbons (Fsp3) is 0.0417. The van der Waals surface area contributed by atoms with E-state index in [1.165, 1.54) is 33.8 Å². The normalized spacial score (nSPS) is 10.8. The molecule has 0 unspecified atom stereocenters. The number of rotatable bonds is 3. The predicted octanol–water partition coefficient (Wildman–Crippen LogP) is 6.91. The van der Waals surface area contributed by atoms with Crippen molar-refractivity contribution in [1.29, 1.82) is 0 Å². The Morgan fingerprint density at radius 1 is 0.567 bits per heavy atom. The fourth-order valence-corrected chi connectivity index (χ4v) is 3.27. The van der Waals surface area contributed by atoms with Crippen molar-refractivity contribution < 1.29 is 21.8 Å². The van der Waals surface area contributed by atoms with E-state index in [4.69, 9.17) is 0 Å². The van der Waals surface area contributed by atoms with E-state index < -0.39 is 7.25 Å². The van der Waals surface area contributed by atoms with Gasteiger partial charge in [0.2, 0.25) is 11.4 Å². The monoisotopic (exact) mass is 409 g/mol. The SMILES string of the molecule is Cc1cc(-c2ccccc2)cc(-c2ccccc2)[n+]1-c1ccccc1.F[B-](F)(F)F. The Morgan fingerprint density at radius 2 is 1.00 bits per heavy atom. The molecule has 0 N–H and O–H groups in total. The number of benzene rings is 3. The van der Waals surface area contributed by atoms with Crippen molar-refractivity contribution in [3.8, 4) is 28.1 Å². The van der Waals surface area contributed by atoms with Crippen LogP contribution in [0, 0.1) is 6.92 Å². The first-order valence-electron chi connectivity index (χ1n) is 9.43. The number of para-hydroxylation sites is 1. The predicted molar refractivity (Wildman–Crippen MR) is 114 cm³/mol. The second-order valence-electron chi connectivity index (χ2n) is 6.67. The van der Waals surface area contributed by atoms with Crippen LogP contribution in [-0.2, 0) is 0 Å². The molecule has 30 heavy (non-hydrogen) atoms. The number of hydrogen-bond donors (Lipinski definition) is 0. The highest BCUT2D eigenvalue weighted by atomic mass is 19.5. The van der Waals surface area contributed by atoms with Crippen LogP contribution in [0.2, 0.25) is 0 Å². The zero-order valence-electron chi connectivity index (χ0n) is 16.4. The van der Waals surface area contributed by atoms with Crippen LogP contribution >= 0.6 is 0 Å². The second kappa shape index (κ2) is 9.40. The van der Waals surface area contributed by atoms with Gasteiger partial charge in [-0.1, -0.05) is 66.7 Å². The molecular weight excluding hydrogens is 389 g/mol. The number of aryl methyl sites for hydroxylation is 1. The summed E-state index contributed by atoms with van der Waals surface area (Å²) in [6.07, 6.45) is 0. The molecule has 0 amide bonds. The van der Waals surface area contributed by atoms with Gasteiger partial charge in [0.05, 0.1) is 0 Å². The van der Waals surface area contributed by atoms with Crippen LogP contribution in [0.25, 0.3) is 28.1 Å². The van der Waals surface area contributed by atoms with E-state index >= 15 is 0 Å². The van der Waals surface area contributed by atoms with E-state index in [0.29, 0.717) is 0 Å². The summed E-state index contributed by atoms with van der Waals surface area (Å²) in [5.41, 5.74) is 7.29. The maximum Gasteiger partial charge on any atom is 0.673 e. The standard InChI is InChI=1S/C24H20N.BF4/c1-19-17-22(20-11-5-2-6-12-20)18-24(21-13-7-3-8-14-21)25(19)23-15-9-4-10-16-23;2-1(3,4)5/h2-18H,1H3;/q+1;-1. The molecule has 4 rings (SSSR count). The molecule has 0 saturated heterocycles. The molecule has 0 radical (unpaired) electrons. The van der Waals surface area contributed by atoms with Gasteiger partial charge in [0.15, 0.2) is 5.69 Å². The molecule has 3 aromatic carbocycles. The molecule has 1 nitrogen and oxygen atoms in total. The third kappa shape index (κ3) is 5.80. The van der Waals surface area contributed by atoms with Gasteiger partial charge in [-0.25, -0.2) is 0 Å². The van der Waals surface area contributed by atoms with E-state index in [-0.39, 0.29) is 0 Å². The van der Waals surface area contributed by atoms with Crippen molar-refractivity contribution in [3.05, 3.63) is 109 Å². The first-order valence-corrected chi connectivity index (χ1v) is 9.43. The van der Waals surface area contributed by atoms with Crippen LogP contribution in [-0.4, -0.2) is 7.25 Å². The van der Waals surface area contributed by atoms with Gasteiger partial charge in [-0.15, -0.1) is 0 Å². The highest BCUT2D eigenvalue weighted by molar-refractivity contribution is 6.50. The molecule has 1 heterocycles. The third-order valence-corrected chi connectivity index (χ3v) is 4.44. The highest BCUT2D eigenvalue weighted by Crippen LogP contribution is 2.26. The molecule has 0 aliphatic heterocycles. The smallest absolute Gasteiger partial charge is 0.418 e. The van der Waals surface area contributed by atoms with E-state index in [2.05, 4.69) is 115 Å². The minimum atomic E-state index is -6.00. The Labute approximate surface area is 173 Å². The Balaban J connectivity index is 0.000000461. The van der Waals surface area contributed by atoms with Crippen molar-refractivity contribution in [2.75, 3.05) is 0 Å². The Morgan fingerprint density at radius 3 is 1.50 bits per heavy atom. The Hall–Kier alpha value is -3.41. The fourth-order valence-electron chi connectivity index (χ4n) is 3.27. The van der Waals surface area contributed by atoms with Crippen LogP contribution < -0.4 is 4.57 Å². The summed E-state index contributed by atoms with van der Waals surface area (Å²) < 4.78 is 41.3. The van der Waals surface area contributed by atoms with Gasteiger partial charge >= 0.3 is 7.25 Å². The number of halogens is 4. The molecule has 0 fully saturated rings. The van der Waals surface area contributed by atoms with Gasteiger partial charge in [0, 0.05) is 36.8 Å². The van der Waals surface area contributed by atoms with Gasteiger partial charge in [-0.2, -0.15) is 4.57 Å². The number of pyridine rings is 1. The summed E-state index contributed by atoms with van der Waals surface area (Å²) >= 11 is 0. The summed E-state index contributed by atoms with van der Waals surface area (Å²) in [4.78, 5) is 0. The molecule has 1 aromatic heterocycles. The molecule has 0 saturated carbocycles. The van der Waals surface area contributed by atoms with Gasteiger partial charge in [0.25, 0.3) is 0 Å². The van der Waals surface area contributed by atoms with Gasteiger partial charge in [-0.05, 0) is 23.3 Å². The average Bonchev–Trinajstić information content (AvgIpc) is 2.74. The molecule has 0 spiro atoms. The zero-order valence-corrected chi connectivity index (χ0v) is 16.4. The highest BCUT2D eigenvalue weighted by Gasteiger charge is 2.21. The largest absolute Gasteiger partial charge is 0.673 e. The molecule has 0 atom stereocenters. The second-order valence-corrected chi connectivity index (χ2v) is 6.67. The lowest BCUT2D eigenvalue weighted by atomic mass is 10.0. The van der Waals surface area contributed by atoms with Crippen molar-refractivity contribution in [2.24, 2.45) is 0 Å². The molecular formula is C24H20BF4N. The number of aromatic nitrogens is 1. The number of nitrogens with zero attached hydrogens (tertiary/aromatic N) is 1. The first kappa shape index (κ1) is 21.3. The Kier molecular flexibility index (Phi) is 6.67. The number of hydrogen-bond acceptors (Lipinski definition) is 0. The topological polar surface area (TPSA) is 3.88 Å². The zero-order chi connectivity index (χ0) is 21.6. The van der Waals surface area contributed by atoms with E-state index in [1.54, 1.807) is 0 Å². The van der Waals surface area contributed by atoms with Crippen LogP contribution in [0.4, 0.5) is 17.3 Å². The minimum absolute atomic E-state index is 1.18. The lowest BCUT2D eigenvalue weighted by molar-refractivity contribution is -0.591. The summed E-state index contributed by atoms with van der Waals surface area (Å²) in [7, 11) is -6.00. The average molecular weight is 409 g/mol. The maximum absolute atomic E-state index is 9.75. The quantitative estimate of drug-likeness (QED) is 0.197. The summed E-state index contributed by atoms with van der Waals surface area (Å²) in [5, 5.41) is 0. The van der Waals surface area contributed by atoms with Crippen LogP contribution in [0.1, 0.15) is 5.69 Å². The summed E-state index contributed by atoms with van der Waals surface area (Å²) in [5.74, 6) is 0. The molecule has 0 bridgehead atoms. The van der Waals surface area contributed by atoms with E-state index in [0.717, 1.165) is 0 Å². The van der Waals surface area contributed by atoms with Gasteiger partial charge < -0.3 is 17.3 Å². The minimum Gasteiger partial charge on any atom is -0.418 e. The van der Waals surface area contributed by atoms with Gasteiger partial charge in [-0.3, -0.25) is 0 Å². The van der Waals surface area contributed by atoms with Gasteiger partial charge in [0.1, 0.15) is 0 Å². The molecule has 0 aliphatic carbocycles. The van der Waals surface area contributed by atoms with Crippen LogP contribution in [0.3, 0.4) is 0 Å². The summed E-state index contributed by atoms with van der Waals surface area (Å²) in [6, 6.07) is 36.2. The maximum atomic E-state index is 9.75. The lowest BCUT2D eigenvalue weighted by Gasteiger charge is -2.10. The van der Waals surface area contributed by atoms with E-state index in [1.807, 2.05) is 0 Å². The van der Waals surface area contributed by atoms with Crippen molar-refractivity contribution in [3.63, 3.8) is 0 Å². The van der Waals surface area contributed by atoms with Crippen LogP contribution in [0.15, 0.2) is 103 Å². The Bertz CT molecular complexity index is 1080. The van der Waals surface area contributed by atoms with Crippen molar-refractivity contribution in [1.82, 2.24) is 0 Å². The van der Waals surface area contributed by atoms with E-state index in [9.17, 15) is 17.3 Å². The van der Waals surface area contributed by atoms with Crippen LogP contribution in [0.5, 0.6) is 0 Å². The van der Waals surface area contributed by atoms with Crippen molar-refractivity contribution in [2.45, 2.75) is 6.92 Å². The molecule has 4 aromatic rings. The summed E-state index contributed by atoms with van der Waals surface area (Å²) in [6.45, 7) is 2.17. The van der Waals surface area contributed by atoms with Crippen molar-refractivity contribution >= 4 is 7.25 Å². The third-order valence-electron chi connectivity index (χ3n) is 4.44. The molecule has 152 valence electrons. The first-order chi connectivity index (χ1) is 14.3. The molecule has 6 heteroatoms.